The second-order valence-electron chi connectivity index (χ2n) is 7.21. The lowest BCUT2D eigenvalue weighted by molar-refractivity contribution is -0.119. The Labute approximate surface area is 142 Å². The number of nitrogens with zero attached hydrogens (tertiary/aromatic N) is 1. The van der Waals surface area contributed by atoms with Crippen molar-refractivity contribution in [3.05, 3.63) is 30.5 Å². The van der Waals surface area contributed by atoms with Crippen LogP contribution < -0.4 is 11.1 Å². The lowest BCUT2D eigenvalue weighted by atomic mass is 10.0. The topological polar surface area (TPSA) is 86.3 Å². The summed E-state index contributed by atoms with van der Waals surface area (Å²) in [5.41, 5.74) is 6.40. The minimum Gasteiger partial charge on any atom is -0.443 e. The number of hydrogen-bond donors (Lipinski definition) is 2. The molecule has 1 heterocycles. The smallest absolute Gasteiger partial charge is 0.418 e. The first-order valence-electron chi connectivity index (χ1n) is 7.99. The van der Waals surface area contributed by atoms with E-state index < -0.39 is 23.6 Å². The summed E-state index contributed by atoms with van der Waals surface area (Å²) in [7, 11) is 0. The van der Waals surface area contributed by atoms with Crippen molar-refractivity contribution in [1.82, 2.24) is 4.57 Å². The van der Waals surface area contributed by atoms with Gasteiger partial charge in [0.25, 0.3) is 0 Å². The molecule has 0 saturated carbocycles. The maximum absolute atomic E-state index is 12.2. The number of benzene rings is 1. The van der Waals surface area contributed by atoms with Crippen molar-refractivity contribution in [2.75, 3.05) is 5.32 Å². The molecule has 0 spiro atoms. The molecule has 0 aliphatic carbocycles. The summed E-state index contributed by atoms with van der Waals surface area (Å²) < 4.78 is 6.87. The van der Waals surface area contributed by atoms with Gasteiger partial charge in [-0.05, 0) is 51.0 Å². The van der Waals surface area contributed by atoms with Crippen LogP contribution in [0.4, 0.5) is 10.5 Å². The number of nitrogens with two attached hydrogens (primary N) is 1. The second kappa shape index (κ2) is 6.55. The molecule has 1 aromatic heterocycles. The van der Waals surface area contributed by atoms with Gasteiger partial charge in [0, 0.05) is 17.3 Å². The summed E-state index contributed by atoms with van der Waals surface area (Å²) in [6, 6.07) is 6.91. The van der Waals surface area contributed by atoms with E-state index in [0.29, 0.717) is 0 Å². The number of nitrogens with one attached hydrogen (secondary N) is 1. The maximum atomic E-state index is 12.2. The lowest BCUT2D eigenvalue weighted by Gasteiger charge is -2.21. The number of carbonyl (C=O) groups is 2. The van der Waals surface area contributed by atoms with Gasteiger partial charge in [-0.25, -0.2) is 4.79 Å². The Morgan fingerprint density at radius 3 is 2.42 bits per heavy atom. The van der Waals surface area contributed by atoms with Crippen molar-refractivity contribution in [3.63, 3.8) is 0 Å². The van der Waals surface area contributed by atoms with Crippen molar-refractivity contribution >= 4 is 28.6 Å². The molecule has 0 aliphatic heterocycles. The first-order valence-corrected chi connectivity index (χ1v) is 7.99. The summed E-state index contributed by atoms with van der Waals surface area (Å²) in [5.74, 6) is -0.319. The fraction of sp³-hybridized carbons (Fsp3) is 0.444. The second-order valence-corrected chi connectivity index (χ2v) is 7.21. The molecule has 6 nitrogen and oxygen atoms in total. The molecular formula is C18H25N3O3. The summed E-state index contributed by atoms with van der Waals surface area (Å²) in [6.07, 6.45) is 1.26. The third-order valence-corrected chi connectivity index (χ3v) is 3.58. The number of carbonyl (C=O) groups excluding carboxylic acids is 2. The largest absolute Gasteiger partial charge is 0.443 e. The van der Waals surface area contributed by atoms with Gasteiger partial charge in [-0.1, -0.05) is 13.8 Å². The van der Waals surface area contributed by atoms with Crippen LogP contribution in [0.25, 0.3) is 10.9 Å². The average Bonchev–Trinajstić information content (AvgIpc) is 2.85. The van der Waals surface area contributed by atoms with E-state index in [0.717, 1.165) is 16.6 Å². The van der Waals surface area contributed by atoms with Crippen molar-refractivity contribution < 1.29 is 14.3 Å². The Morgan fingerprint density at radius 1 is 1.21 bits per heavy atom. The van der Waals surface area contributed by atoms with Gasteiger partial charge in [-0.15, -0.1) is 0 Å². The van der Waals surface area contributed by atoms with E-state index >= 15 is 0 Å². The van der Waals surface area contributed by atoms with Crippen LogP contribution in [0, 0.1) is 5.92 Å². The fourth-order valence-corrected chi connectivity index (χ4v) is 2.45. The average molecular weight is 331 g/mol. The van der Waals surface area contributed by atoms with Gasteiger partial charge in [0.05, 0.1) is 5.52 Å². The molecular weight excluding hydrogens is 306 g/mol. The third-order valence-electron chi connectivity index (χ3n) is 3.58. The molecule has 2 aromatic rings. The molecule has 1 amide bonds. The molecule has 130 valence electrons. The number of primary amides is 1. The van der Waals surface area contributed by atoms with E-state index in [-0.39, 0.29) is 5.92 Å². The Bertz CT molecular complexity index is 756. The summed E-state index contributed by atoms with van der Waals surface area (Å²) >= 11 is 0. The van der Waals surface area contributed by atoms with Crippen molar-refractivity contribution in [3.8, 4) is 0 Å². The van der Waals surface area contributed by atoms with Crippen LogP contribution in [0.5, 0.6) is 0 Å². The lowest BCUT2D eigenvalue weighted by Crippen LogP contribution is -2.39. The molecule has 0 unspecified atom stereocenters. The summed E-state index contributed by atoms with van der Waals surface area (Å²) in [4.78, 5) is 23.8. The predicted octanol–water partition coefficient (Wildman–Crippen LogP) is 3.35. The number of rotatable bonds is 4. The quantitative estimate of drug-likeness (QED) is 0.899. The molecule has 3 N–H and O–H groups in total. The van der Waals surface area contributed by atoms with Crippen LogP contribution in [-0.4, -0.2) is 28.2 Å². The van der Waals surface area contributed by atoms with E-state index in [1.807, 2.05) is 58.9 Å². The molecule has 0 radical (unpaired) electrons. The third kappa shape index (κ3) is 4.07. The molecule has 0 saturated heterocycles. The Hall–Kier alpha value is -2.50. The molecule has 1 aromatic carbocycles. The molecule has 0 aliphatic rings. The first-order chi connectivity index (χ1) is 11.1. The maximum Gasteiger partial charge on any atom is 0.418 e. The highest BCUT2D eigenvalue weighted by Gasteiger charge is 2.21. The van der Waals surface area contributed by atoms with E-state index in [4.69, 9.17) is 10.5 Å². The Morgan fingerprint density at radius 2 is 1.88 bits per heavy atom. The molecule has 2 rings (SSSR count). The van der Waals surface area contributed by atoms with Crippen molar-refractivity contribution in [1.29, 1.82) is 0 Å². The van der Waals surface area contributed by atoms with Crippen molar-refractivity contribution in [2.45, 2.75) is 46.3 Å². The van der Waals surface area contributed by atoms with Gasteiger partial charge >= 0.3 is 6.09 Å². The highest BCUT2D eigenvalue weighted by atomic mass is 16.6. The highest BCUT2D eigenvalue weighted by molar-refractivity contribution is 5.92. The normalized spacial score (nSPS) is 13.1. The number of aromatic nitrogens is 1. The van der Waals surface area contributed by atoms with Crippen LogP contribution in [0.15, 0.2) is 30.5 Å². The molecule has 0 bridgehead atoms. The van der Waals surface area contributed by atoms with Crippen LogP contribution in [0.3, 0.4) is 0 Å². The Kier molecular flexibility index (Phi) is 4.87. The van der Waals surface area contributed by atoms with E-state index in [1.54, 1.807) is 6.20 Å². The van der Waals surface area contributed by atoms with Crippen LogP contribution >= 0.6 is 0 Å². The van der Waals surface area contributed by atoms with Crippen molar-refractivity contribution in [2.24, 2.45) is 11.7 Å². The number of hydrogen-bond acceptors (Lipinski definition) is 4. The van der Waals surface area contributed by atoms with Gasteiger partial charge < -0.3 is 15.8 Å². The van der Waals surface area contributed by atoms with Gasteiger partial charge in [0.1, 0.15) is 11.6 Å². The SMILES string of the molecule is CC(C)[C@@H](Nc1ccc2c(ccn2C(=O)OC(C)(C)C)c1)C(N)=O. The predicted molar refractivity (Wildman–Crippen MR) is 95.0 cm³/mol. The molecule has 6 heteroatoms. The van der Waals surface area contributed by atoms with E-state index in [9.17, 15) is 9.59 Å². The minimum absolute atomic E-state index is 0.0737. The van der Waals surface area contributed by atoms with Gasteiger partial charge in [0.2, 0.25) is 5.91 Å². The van der Waals surface area contributed by atoms with Crippen LogP contribution in [0.2, 0.25) is 0 Å². The zero-order valence-corrected chi connectivity index (χ0v) is 14.8. The van der Waals surface area contributed by atoms with E-state index in [1.165, 1.54) is 4.57 Å². The standard InChI is InChI=1S/C18H25N3O3/c1-11(2)15(16(19)22)20-13-6-7-14-12(10-13)8-9-21(14)17(23)24-18(3,4)5/h6-11,15,20H,1-5H3,(H2,19,22)/t15-/m1/s1. The van der Waals surface area contributed by atoms with Gasteiger partial charge in [-0.2, -0.15) is 0 Å². The molecule has 0 fully saturated rings. The monoisotopic (exact) mass is 331 g/mol. The highest BCUT2D eigenvalue weighted by Crippen LogP contribution is 2.23. The minimum atomic E-state index is -0.554. The summed E-state index contributed by atoms with van der Waals surface area (Å²) in [5, 5.41) is 4.02. The first kappa shape index (κ1) is 17.8. The zero-order chi connectivity index (χ0) is 18.1. The molecule has 1 atom stereocenters. The van der Waals surface area contributed by atoms with Gasteiger partial charge in [-0.3, -0.25) is 9.36 Å². The summed E-state index contributed by atoms with van der Waals surface area (Å²) in [6.45, 7) is 9.34. The number of anilines is 1. The fourth-order valence-electron chi connectivity index (χ4n) is 2.45. The van der Waals surface area contributed by atoms with E-state index in [2.05, 4.69) is 5.32 Å². The number of fused-ring (bicyclic) bond motifs is 1. The number of amides is 1. The zero-order valence-electron chi connectivity index (χ0n) is 14.8. The van der Waals surface area contributed by atoms with Crippen LogP contribution in [-0.2, 0) is 9.53 Å². The number of ether oxygens (including phenoxy) is 1. The Balaban J connectivity index is 2.28. The molecule has 24 heavy (non-hydrogen) atoms. The van der Waals surface area contributed by atoms with Gasteiger partial charge in [0.15, 0.2) is 0 Å². The van der Waals surface area contributed by atoms with Crippen LogP contribution in [0.1, 0.15) is 34.6 Å².